The van der Waals surface area contributed by atoms with Crippen LogP contribution in [0, 0.1) is 18.8 Å². The van der Waals surface area contributed by atoms with E-state index < -0.39 is 5.92 Å². The van der Waals surface area contributed by atoms with Gasteiger partial charge in [0.05, 0.1) is 0 Å². The average Bonchev–Trinajstić information content (AvgIpc) is 2.79. The van der Waals surface area contributed by atoms with Crippen LogP contribution in [0.25, 0.3) is 0 Å². The molecule has 2 aliphatic carbocycles. The molecule has 1 aromatic carbocycles. The molecule has 2 atom stereocenters. The number of rotatable bonds is 3. The SMILES string of the molecule is CCc1cc(C)c(C2C(=O)C3CCCCC3C2=O)c(CC)c1. The number of benzene rings is 1. The second kappa shape index (κ2) is 5.98. The maximum absolute atomic E-state index is 12.9. The molecule has 0 aliphatic heterocycles. The molecule has 2 nitrogen and oxygen atoms in total. The van der Waals surface area contributed by atoms with Crippen LogP contribution in [-0.2, 0) is 22.4 Å². The second-order valence-electron chi connectivity index (χ2n) is 6.93. The van der Waals surface area contributed by atoms with Crippen molar-refractivity contribution in [3.63, 3.8) is 0 Å². The molecule has 0 aromatic heterocycles. The first-order valence-corrected chi connectivity index (χ1v) is 8.78. The number of hydrogen-bond donors (Lipinski definition) is 0. The van der Waals surface area contributed by atoms with E-state index in [4.69, 9.17) is 0 Å². The van der Waals surface area contributed by atoms with Crippen LogP contribution in [0.15, 0.2) is 12.1 Å². The Balaban J connectivity index is 2.07. The summed E-state index contributed by atoms with van der Waals surface area (Å²) in [6.45, 7) is 6.33. The highest BCUT2D eigenvalue weighted by atomic mass is 16.2. The lowest BCUT2D eigenvalue weighted by atomic mass is 9.81. The van der Waals surface area contributed by atoms with E-state index in [1.807, 2.05) is 0 Å². The zero-order valence-electron chi connectivity index (χ0n) is 13.9. The van der Waals surface area contributed by atoms with Crippen LogP contribution in [0.4, 0.5) is 0 Å². The van der Waals surface area contributed by atoms with Gasteiger partial charge in [-0.05, 0) is 54.9 Å². The Labute approximate surface area is 133 Å². The summed E-state index contributed by atoms with van der Waals surface area (Å²) in [5, 5.41) is 0. The third kappa shape index (κ3) is 2.33. The summed E-state index contributed by atoms with van der Waals surface area (Å²) >= 11 is 0. The van der Waals surface area contributed by atoms with Gasteiger partial charge >= 0.3 is 0 Å². The minimum atomic E-state index is -0.478. The molecule has 0 saturated heterocycles. The average molecular weight is 298 g/mol. The zero-order valence-corrected chi connectivity index (χ0v) is 13.9. The summed E-state index contributed by atoms with van der Waals surface area (Å²) in [5.41, 5.74) is 4.65. The molecule has 22 heavy (non-hydrogen) atoms. The maximum Gasteiger partial charge on any atom is 0.151 e. The molecule has 0 N–H and O–H groups in total. The fourth-order valence-electron chi connectivity index (χ4n) is 4.53. The standard InChI is InChI=1S/C20H26O2/c1-4-13-10-12(3)17(14(5-2)11-13)18-19(21)15-8-6-7-9-16(15)20(18)22/h10-11,15-16,18H,4-9H2,1-3H3. The van der Waals surface area contributed by atoms with Crippen molar-refractivity contribution >= 4 is 11.6 Å². The molecule has 0 amide bonds. The van der Waals surface area contributed by atoms with Gasteiger partial charge in [0.15, 0.2) is 11.6 Å². The molecular formula is C20H26O2. The Morgan fingerprint density at radius 2 is 1.55 bits per heavy atom. The fraction of sp³-hybridized carbons (Fsp3) is 0.600. The highest BCUT2D eigenvalue weighted by Gasteiger charge is 2.50. The first-order chi connectivity index (χ1) is 10.6. The van der Waals surface area contributed by atoms with Gasteiger partial charge in [0.1, 0.15) is 5.92 Å². The highest BCUT2D eigenvalue weighted by molar-refractivity contribution is 6.16. The number of carbonyl (C=O) groups excluding carboxylic acids is 2. The van der Waals surface area contributed by atoms with E-state index >= 15 is 0 Å². The van der Waals surface area contributed by atoms with Crippen molar-refractivity contribution in [2.45, 2.75) is 65.2 Å². The van der Waals surface area contributed by atoms with Gasteiger partial charge in [-0.1, -0.05) is 38.8 Å². The molecule has 2 aliphatic rings. The van der Waals surface area contributed by atoms with Crippen LogP contribution in [0.1, 0.15) is 67.7 Å². The van der Waals surface area contributed by atoms with E-state index in [9.17, 15) is 9.59 Å². The van der Waals surface area contributed by atoms with Gasteiger partial charge < -0.3 is 0 Å². The van der Waals surface area contributed by atoms with E-state index in [-0.39, 0.29) is 23.4 Å². The number of hydrogen-bond acceptors (Lipinski definition) is 2. The first-order valence-electron chi connectivity index (χ1n) is 8.78. The summed E-state index contributed by atoms with van der Waals surface area (Å²) in [6.07, 6.45) is 5.91. The smallest absolute Gasteiger partial charge is 0.151 e. The predicted molar refractivity (Wildman–Crippen MR) is 88.1 cm³/mol. The van der Waals surface area contributed by atoms with E-state index in [0.717, 1.165) is 49.7 Å². The normalized spacial score (nSPS) is 28.0. The van der Waals surface area contributed by atoms with E-state index in [0.29, 0.717) is 0 Å². The zero-order chi connectivity index (χ0) is 15.9. The monoisotopic (exact) mass is 298 g/mol. The Kier molecular flexibility index (Phi) is 4.20. The van der Waals surface area contributed by atoms with Gasteiger partial charge in [0, 0.05) is 11.8 Å². The van der Waals surface area contributed by atoms with Gasteiger partial charge in [-0.25, -0.2) is 0 Å². The second-order valence-corrected chi connectivity index (χ2v) is 6.93. The summed E-state index contributed by atoms with van der Waals surface area (Å²) in [7, 11) is 0. The summed E-state index contributed by atoms with van der Waals surface area (Å²) in [5.74, 6) is -0.0649. The Morgan fingerprint density at radius 3 is 2.05 bits per heavy atom. The highest BCUT2D eigenvalue weighted by Crippen LogP contribution is 2.45. The number of aryl methyl sites for hydroxylation is 3. The molecule has 2 fully saturated rings. The molecule has 0 heterocycles. The number of ketones is 2. The van der Waals surface area contributed by atoms with Crippen LogP contribution < -0.4 is 0 Å². The number of carbonyl (C=O) groups is 2. The molecular weight excluding hydrogens is 272 g/mol. The van der Waals surface area contributed by atoms with E-state index in [1.54, 1.807) is 0 Å². The van der Waals surface area contributed by atoms with Crippen molar-refractivity contribution in [1.82, 2.24) is 0 Å². The van der Waals surface area contributed by atoms with Crippen molar-refractivity contribution in [3.8, 4) is 0 Å². The topological polar surface area (TPSA) is 34.1 Å². The Morgan fingerprint density at radius 1 is 0.955 bits per heavy atom. The first kappa shape index (κ1) is 15.5. The lowest BCUT2D eigenvalue weighted by Gasteiger charge is -2.21. The Bertz CT molecular complexity index is 590. The minimum Gasteiger partial charge on any atom is -0.298 e. The third-order valence-corrected chi connectivity index (χ3v) is 5.68. The molecule has 0 spiro atoms. The quantitative estimate of drug-likeness (QED) is 0.785. The van der Waals surface area contributed by atoms with Crippen molar-refractivity contribution in [3.05, 3.63) is 34.4 Å². The van der Waals surface area contributed by atoms with Crippen LogP contribution >= 0.6 is 0 Å². The molecule has 0 radical (unpaired) electrons. The van der Waals surface area contributed by atoms with Crippen molar-refractivity contribution < 1.29 is 9.59 Å². The molecule has 118 valence electrons. The van der Waals surface area contributed by atoms with Crippen molar-refractivity contribution in [1.29, 1.82) is 0 Å². The van der Waals surface area contributed by atoms with Gasteiger partial charge in [-0.3, -0.25) is 9.59 Å². The molecule has 2 saturated carbocycles. The van der Waals surface area contributed by atoms with Gasteiger partial charge in [0.2, 0.25) is 0 Å². The van der Waals surface area contributed by atoms with Crippen LogP contribution in [0.3, 0.4) is 0 Å². The summed E-state index contributed by atoms with van der Waals surface area (Å²) < 4.78 is 0. The molecule has 2 unspecified atom stereocenters. The summed E-state index contributed by atoms with van der Waals surface area (Å²) in [4.78, 5) is 25.8. The number of fused-ring (bicyclic) bond motifs is 1. The van der Waals surface area contributed by atoms with Gasteiger partial charge in [-0.2, -0.15) is 0 Å². The van der Waals surface area contributed by atoms with Crippen LogP contribution in [-0.4, -0.2) is 11.6 Å². The van der Waals surface area contributed by atoms with E-state index in [2.05, 4.69) is 32.9 Å². The molecule has 3 rings (SSSR count). The fourth-order valence-corrected chi connectivity index (χ4v) is 4.53. The molecule has 1 aromatic rings. The van der Waals surface area contributed by atoms with Crippen molar-refractivity contribution in [2.24, 2.45) is 11.8 Å². The summed E-state index contributed by atoms with van der Waals surface area (Å²) in [6, 6.07) is 4.36. The van der Waals surface area contributed by atoms with E-state index in [1.165, 1.54) is 11.1 Å². The minimum absolute atomic E-state index is 0.00112. The molecule has 2 heteroatoms. The van der Waals surface area contributed by atoms with Crippen molar-refractivity contribution in [2.75, 3.05) is 0 Å². The Hall–Kier alpha value is -1.44. The maximum atomic E-state index is 12.9. The third-order valence-electron chi connectivity index (χ3n) is 5.68. The lowest BCUT2D eigenvalue weighted by molar-refractivity contribution is -0.125. The molecule has 0 bridgehead atoms. The predicted octanol–water partition coefficient (Wildman–Crippen LogP) is 4.16. The van der Waals surface area contributed by atoms with Crippen LogP contribution in [0.5, 0.6) is 0 Å². The largest absolute Gasteiger partial charge is 0.298 e. The van der Waals surface area contributed by atoms with Gasteiger partial charge in [0.25, 0.3) is 0 Å². The van der Waals surface area contributed by atoms with Crippen LogP contribution in [0.2, 0.25) is 0 Å². The lowest BCUT2D eigenvalue weighted by Crippen LogP contribution is -2.21. The van der Waals surface area contributed by atoms with Gasteiger partial charge in [-0.15, -0.1) is 0 Å². The number of Topliss-reactive ketones (excluding diaryl/α,β-unsaturated/α-hetero) is 2.